The van der Waals surface area contributed by atoms with Crippen molar-refractivity contribution >= 4 is 15.9 Å². The van der Waals surface area contributed by atoms with Crippen molar-refractivity contribution in [2.24, 2.45) is 0 Å². The molecule has 0 radical (unpaired) electrons. The molecular formula is C30H27BrO8. The summed E-state index contributed by atoms with van der Waals surface area (Å²) in [7, 11) is 0. The first kappa shape index (κ1) is 30.2. The lowest BCUT2D eigenvalue weighted by atomic mass is 10.1. The van der Waals surface area contributed by atoms with Crippen LogP contribution in [0.4, 0.5) is 0 Å². The summed E-state index contributed by atoms with van der Waals surface area (Å²) in [5.74, 6) is 1.14. The summed E-state index contributed by atoms with van der Waals surface area (Å²) < 4.78 is 0.584. The maximum Gasteiger partial charge on any atom is 0.133 e. The van der Waals surface area contributed by atoms with Crippen LogP contribution in [0, 0.1) is 0 Å². The summed E-state index contributed by atoms with van der Waals surface area (Å²) in [6.45, 7) is 0. The fourth-order valence-electron chi connectivity index (χ4n) is 2.75. The van der Waals surface area contributed by atoms with Gasteiger partial charge in [-0.3, -0.25) is 0 Å². The van der Waals surface area contributed by atoms with Crippen molar-refractivity contribution in [3.63, 3.8) is 0 Å². The number of rotatable bonds is 1. The van der Waals surface area contributed by atoms with Crippen molar-refractivity contribution in [3.05, 3.63) is 120 Å². The molecule has 8 nitrogen and oxygen atoms in total. The topological polar surface area (TPSA) is 162 Å². The average Bonchev–Trinajstić information content (AvgIpc) is 2.90. The third-order valence-corrected chi connectivity index (χ3v) is 5.35. The molecule has 0 saturated carbocycles. The zero-order valence-corrected chi connectivity index (χ0v) is 22.0. The molecule has 0 aliphatic rings. The number of hydrogen-bond acceptors (Lipinski definition) is 8. The number of benzene rings is 5. The SMILES string of the molecule is Oc1ccc(-c2ccc(O)cc2)cc1.Oc1ccc(Br)c(O)c1.Oc1ccc(O)cc1.Oc1cccc(O)c1. The van der Waals surface area contributed by atoms with Crippen LogP contribution in [0.1, 0.15) is 0 Å². The van der Waals surface area contributed by atoms with Gasteiger partial charge in [0.15, 0.2) is 0 Å². The molecule has 202 valence electrons. The van der Waals surface area contributed by atoms with Crippen LogP contribution < -0.4 is 0 Å². The molecule has 0 saturated heterocycles. The number of phenolic OH excluding ortho intramolecular Hbond substituents is 8. The molecule has 0 aliphatic heterocycles. The normalized spacial score (nSPS) is 9.46. The van der Waals surface area contributed by atoms with Gasteiger partial charge in [0.05, 0.1) is 4.47 Å². The summed E-state index contributed by atoms with van der Waals surface area (Å²) in [5.41, 5.74) is 2.03. The highest BCUT2D eigenvalue weighted by Gasteiger charge is 1.97. The third-order valence-electron chi connectivity index (χ3n) is 4.68. The van der Waals surface area contributed by atoms with Crippen LogP contribution >= 0.6 is 15.9 Å². The molecule has 0 atom stereocenters. The lowest BCUT2D eigenvalue weighted by Gasteiger charge is -2.01. The van der Waals surface area contributed by atoms with Gasteiger partial charge in [-0.1, -0.05) is 30.3 Å². The van der Waals surface area contributed by atoms with Gasteiger partial charge in [-0.05, 0) is 99.9 Å². The molecule has 5 aromatic rings. The second-order valence-corrected chi connectivity index (χ2v) is 8.62. The van der Waals surface area contributed by atoms with Crippen molar-refractivity contribution < 1.29 is 40.9 Å². The monoisotopic (exact) mass is 594 g/mol. The van der Waals surface area contributed by atoms with E-state index in [0.717, 1.165) is 11.1 Å². The highest BCUT2D eigenvalue weighted by molar-refractivity contribution is 9.10. The van der Waals surface area contributed by atoms with E-state index in [0.29, 0.717) is 4.47 Å². The maximum atomic E-state index is 9.11. The number of aromatic hydroxyl groups is 8. The van der Waals surface area contributed by atoms with Gasteiger partial charge < -0.3 is 40.9 Å². The van der Waals surface area contributed by atoms with E-state index in [-0.39, 0.29) is 46.0 Å². The predicted octanol–water partition coefficient (Wildman–Crippen LogP) is 6.82. The highest BCUT2D eigenvalue weighted by atomic mass is 79.9. The number of phenols is 8. The molecule has 8 N–H and O–H groups in total. The van der Waals surface area contributed by atoms with E-state index in [1.807, 2.05) is 24.3 Å². The summed E-state index contributed by atoms with van der Waals surface area (Å²) in [4.78, 5) is 0. The minimum absolute atomic E-state index is 0.0509. The minimum atomic E-state index is 0.0509. The van der Waals surface area contributed by atoms with Gasteiger partial charge >= 0.3 is 0 Å². The second kappa shape index (κ2) is 15.3. The Balaban J connectivity index is 0.000000189. The van der Waals surface area contributed by atoms with Gasteiger partial charge in [-0.25, -0.2) is 0 Å². The van der Waals surface area contributed by atoms with E-state index in [1.54, 1.807) is 36.4 Å². The maximum absolute atomic E-state index is 9.11. The first-order valence-electron chi connectivity index (χ1n) is 11.3. The van der Waals surface area contributed by atoms with Crippen molar-refractivity contribution in [2.75, 3.05) is 0 Å². The molecule has 0 bridgehead atoms. The van der Waals surface area contributed by atoms with Gasteiger partial charge in [0.25, 0.3) is 0 Å². The molecule has 9 heteroatoms. The molecule has 5 aromatic carbocycles. The lowest BCUT2D eigenvalue weighted by Crippen LogP contribution is -1.75. The van der Waals surface area contributed by atoms with Gasteiger partial charge in [0.2, 0.25) is 0 Å². The standard InChI is InChI=1S/C12H10O2.C6H5BrO2.2C6H6O2/c13-11-5-1-9(2-6-11)10-3-7-12(14)8-4-10;7-5-2-1-4(8)3-6(5)9;7-5-1-2-6(8)4-3-5;7-5-2-1-3-6(8)4-5/h1-8,13-14H;1-3,8-9H;2*1-4,7-8H. The summed E-state index contributed by atoms with van der Waals surface area (Å²) in [6.07, 6.45) is 0. The molecule has 39 heavy (non-hydrogen) atoms. The third kappa shape index (κ3) is 11.7. The fraction of sp³-hybridized carbons (Fsp3) is 0. The zero-order valence-electron chi connectivity index (χ0n) is 20.4. The molecule has 0 amide bonds. The molecular weight excluding hydrogens is 568 g/mol. The van der Waals surface area contributed by atoms with Crippen LogP contribution in [0.25, 0.3) is 11.1 Å². The Hall–Kier alpha value is -5.02. The smallest absolute Gasteiger partial charge is 0.133 e. The summed E-state index contributed by atoms with van der Waals surface area (Å²) in [6, 6.07) is 29.8. The van der Waals surface area contributed by atoms with E-state index in [1.165, 1.54) is 54.6 Å². The molecule has 0 spiro atoms. The van der Waals surface area contributed by atoms with Crippen LogP contribution in [0.2, 0.25) is 0 Å². The van der Waals surface area contributed by atoms with Crippen molar-refractivity contribution in [2.45, 2.75) is 0 Å². The Labute approximate surface area is 233 Å². The molecule has 0 heterocycles. The van der Waals surface area contributed by atoms with E-state index in [4.69, 9.17) is 40.9 Å². The summed E-state index contributed by atoms with van der Waals surface area (Å²) in [5, 5.41) is 70.5. The predicted molar refractivity (Wildman–Crippen MR) is 152 cm³/mol. The Morgan fingerprint density at radius 2 is 0.641 bits per heavy atom. The van der Waals surface area contributed by atoms with E-state index in [2.05, 4.69) is 15.9 Å². The van der Waals surface area contributed by atoms with Gasteiger partial charge in [0.1, 0.15) is 46.0 Å². The molecule has 0 aliphatic carbocycles. The molecule has 0 unspecified atom stereocenters. The largest absolute Gasteiger partial charge is 0.508 e. The van der Waals surface area contributed by atoms with Crippen molar-refractivity contribution in [1.29, 1.82) is 0 Å². The number of hydrogen-bond donors (Lipinski definition) is 8. The summed E-state index contributed by atoms with van der Waals surface area (Å²) >= 11 is 3.07. The van der Waals surface area contributed by atoms with Crippen LogP contribution in [-0.2, 0) is 0 Å². The Morgan fingerprint density at radius 1 is 0.333 bits per heavy atom. The van der Waals surface area contributed by atoms with Crippen LogP contribution in [0.15, 0.2) is 120 Å². The average molecular weight is 595 g/mol. The quantitative estimate of drug-likeness (QED) is 0.0980. The number of halogens is 1. The van der Waals surface area contributed by atoms with E-state index >= 15 is 0 Å². The van der Waals surface area contributed by atoms with Gasteiger partial charge in [-0.15, -0.1) is 0 Å². The fourth-order valence-corrected chi connectivity index (χ4v) is 3.00. The van der Waals surface area contributed by atoms with Crippen LogP contribution in [0.3, 0.4) is 0 Å². The first-order valence-corrected chi connectivity index (χ1v) is 12.0. The van der Waals surface area contributed by atoms with E-state index < -0.39 is 0 Å². The Morgan fingerprint density at radius 3 is 0.923 bits per heavy atom. The second-order valence-electron chi connectivity index (χ2n) is 7.77. The Kier molecular flexibility index (Phi) is 11.8. The van der Waals surface area contributed by atoms with Gasteiger partial charge in [0, 0.05) is 12.1 Å². The minimum Gasteiger partial charge on any atom is -0.508 e. The zero-order chi connectivity index (χ0) is 28.8. The van der Waals surface area contributed by atoms with Crippen LogP contribution in [0.5, 0.6) is 46.0 Å². The molecule has 0 fully saturated rings. The van der Waals surface area contributed by atoms with Gasteiger partial charge in [-0.2, -0.15) is 0 Å². The lowest BCUT2D eigenvalue weighted by molar-refractivity contribution is 0.448. The first-order chi connectivity index (χ1) is 18.5. The van der Waals surface area contributed by atoms with Crippen molar-refractivity contribution in [1.82, 2.24) is 0 Å². The van der Waals surface area contributed by atoms with Crippen molar-refractivity contribution in [3.8, 4) is 57.1 Å². The highest BCUT2D eigenvalue weighted by Crippen LogP contribution is 2.27. The molecule has 0 aromatic heterocycles. The Bertz CT molecular complexity index is 1340. The molecule has 5 rings (SSSR count). The van der Waals surface area contributed by atoms with E-state index in [9.17, 15) is 0 Å². The van der Waals surface area contributed by atoms with Crippen LogP contribution in [-0.4, -0.2) is 40.9 Å².